The van der Waals surface area contributed by atoms with E-state index in [2.05, 4.69) is 19.9 Å². The molecule has 0 spiro atoms. The Morgan fingerprint density at radius 3 is 2.60 bits per heavy atom. The molecular weight excluding hydrogens is 316 g/mol. The van der Waals surface area contributed by atoms with E-state index < -0.39 is 6.10 Å². The summed E-state index contributed by atoms with van der Waals surface area (Å²) >= 11 is 0. The molecule has 2 atom stereocenters. The van der Waals surface area contributed by atoms with Crippen molar-refractivity contribution in [3.8, 4) is 17.2 Å². The van der Waals surface area contributed by atoms with Gasteiger partial charge in [0.25, 0.3) is 0 Å². The molecule has 0 unspecified atom stereocenters. The number of aliphatic hydroxyl groups excluding tert-OH is 1. The molecule has 4 heteroatoms. The van der Waals surface area contributed by atoms with Gasteiger partial charge in [0, 0.05) is 18.1 Å². The minimum Gasteiger partial charge on any atom is -0.508 e. The highest BCUT2D eigenvalue weighted by atomic mass is 16.5. The van der Waals surface area contributed by atoms with Crippen molar-refractivity contribution < 1.29 is 19.7 Å². The van der Waals surface area contributed by atoms with E-state index in [0.717, 1.165) is 28.9 Å². The van der Waals surface area contributed by atoms with Crippen LogP contribution < -0.4 is 9.47 Å². The normalized spacial score (nSPS) is 18.9. The first-order valence-electron chi connectivity index (χ1n) is 8.45. The van der Waals surface area contributed by atoms with Gasteiger partial charge in [0.05, 0.1) is 13.2 Å². The van der Waals surface area contributed by atoms with Crippen LogP contribution in [0.3, 0.4) is 0 Å². The van der Waals surface area contributed by atoms with Gasteiger partial charge in [-0.25, -0.2) is 0 Å². The van der Waals surface area contributed by atoms with E-state index in [-0.39, 0.29) is 11.9 Å². The van der Waals surface area contributed by atoms with Gasteiger partial charge in [-0.3, -0.25) is 0 Å². The highest BCUT2D eigenvalue weighted by Crippen LogP contribution is 2.43. The Hall–Kier alpha value is -2.46. The van der Waals surface area contributed by atoms with Gasteiger partial charge in [-0.1, -0.05) is 23.8 Å². The van der Waals surface area contributed by atoms with Crippen LogP contribution in [-0.2, 0) is 6.42 Å². The minimum atomic E-state index is -0.598. The number of fused-ring (bicyclic) bond motifs is 1. The Morgan fingerprint density at radius 1 is 1.24 bits per heavy atom. The van der Waals surface area contributed by atoms with E-state index in [1.54, 1.807) is 19.2 Å². The summed E-state index contributed by atoms with van der Waals surface area (Å²) in [7, 11) is 1.64. The summed E-state index contributed by atoms with van der Waals surface area (Å²) in [5.74, 6) is 1.62. The second-order valence-electron chi connectivity index (χ2n) is 6.64. The zero-order valence-electron chi connectivity index (χ0n) is 14.8. The number of aliphatic hydroxyl groups is 1. The molecule has 0 aromatic heterocycles. The molecule has 1 aliphatic heterocycles. The lowest BCUT2D eigenvalue weighted by Gasteiger charge is -2.31. The second-order valence-corrected chi connectivity index (χ2v) is 6.64. The van der Waals surface area contributed by atoms with Gasteiger partial charge in [-0.05, 0) is 49.6 Å². The average Bonchev–Trinajstić information content (AvgIpc) is 2.59. The Balaban J connectivity index is 1.93. The lowest BCUT2D eigenvalue weighted by atomic mass is 9.92. The quantitative estimate of drug-likeness (QED) is 0.807. The van der Waals surface area contributed by atoms with E-state index in [4.69, 9.17) is 9.47 Å². The fraction of sp³-hybridized carbons (Fsp3) is 0.333. The Morgan fingerprint density at radius 2 is 1.96 bits per heavy atom. The fourth-order valence-electron chi connectivity index (χ4n) is 3.08. The van der Waals surface area contributed by atoms with Crippen LogP contribution >= 0.6 is 0 Å². The second kappa shape index (κ2) is 7.19. The molecule has 0 fully saturated rings. The molecule has 0 amide bonds. The van der Waals surface area contributed by atoms with Crippen molar-refractivity contribution in [1.82, 2.24) is 0 Å². The molecule has 0 saturated carbocycles. The highest BCUT2D eigenvalue weighted by molar-refractivity contribution is 5.50. The molecule has 2 N–H and O–H groups in total. The van der Waals surface area contributed by atoms with E-state index >= 15 is 0 Å². The van der Waals surface area contributed by atoms with Crippen molar-refractivity contribution >= 4 is 0 Å². The van der Waals surface area contributed by atoms with Crippen molar-refractivity contribution in [2.45, 2.75) is 38.9 Å². The molecular formula is C21H24O4. The van der Waals surface area contributed by atoms with Crippen LogP contribution in [0.4, 0.5) is 0 Å². The molecule has 2 aromatic rings. The first kappa shape index (κ1) is 17.4. The van der Waals surface area contributed by atoms with Crippen molar-refractivity contribution in [3.05, 3.63) is 64.7 Å². The van der Waals surface area contributed by atoms with Crippen LogP contribution in [0.15, 0.2) is 48.0 Å². The van der Waals surface area contributed by atoms with Gasteiger partial charge >= 0.3 is 0 Å². The number of rotatable bonds is 4. The molecule has 1 heterocycles. The molecule has 25 heavy (non-hydrogen) atoms. The first-order chi connectivity index (χ1) is 12.0. The van der Waals surface area contributed by atoms with Crippen LogP contribution in [0.5, 0.6) is 17.2 Å². The van der Waals surface area contributed by atoms with Crippen molar-refractivity contribution in [3.63, 3.8) is 0 Å². The van der Waals surface area contributed by atoms with Crippen molar-refractivity contribution in [2.75, 3.05) is 7.11 Å². The van der Waals surface area contributed by atoms with E-state index in [9.17, 15) is 10.2 Å². The maximum absolute atomic E-state index is 10.6. The van der Waals surface area contributed by atoms with Gasteiger partial charge in [0.2, 0.25) is 0 Å². The van der Waals surface area contributed by atoms with E-state index in [0.29, 0.717) is 12.2 Å². The van der Waals surface area contributed by atoms with Gasteiger partial charge in [-0.15, -0.1) is 0 Å². The van der Waals surface area contributed by atoms with Crippen molar-refractivity contribution in [2.24, 2.45) is 0 Å². The largest absolute Gasteiger partial charge is 0.508 e. The van der Waals surface area contributed by atoms with Crippen LogP contribution in [0, 0.1) is 0 Å². The Labute approximate surface area is 148 Å². The Bertz CT molecular complexity index is 773. The SMILES string of the molecule is COc1cc2c(cc1CC=C(C)C)[C@H](O)C[C@@H](c1ccc(O)cc1)O2. The smallest absolute Gasteiger partial charge is 0.129 e. The molecule has 0 radical (unpaired) electrons. The minimum absolute atomic E-state index is 0.214. The van der Waals surface area contributed by atoms with Gasteiger partial charge in [-0.2, -0.15) is 0 Å². The van der Waals surface area contributed by atoms with Gasteiger partial charge in [0.1, 0.15) is 23.4 Å². The number of methoxy groups -OCH3 is 1. The predicted octanol–water partition coefficient (Wildman–Crippen LogP) is 4.47. The van der Waals surface area contributed by atoms with Crippen molar-refractivity contribution in [1.29, 1.82) is 0 Å². The number of ether oxygens (including phenoxy) is 2. The molecule has 4 nitrogen and oxygen atoms in total. The molecule has 2 aromatic carbocycles. The Kier molecular flexibility index (Phi) is 5.00. The third kappa shape index (κ3) is 3.80. The number of hydrogen-bond acceptors (Lipinski definition) is 4. The topological polar surface area (TPSA) is 58.9 Å². The summed E-state index contributed by atoms with van der Waals surface area (Å²) in [5, 5.41) is 20.1. The third-order valence-corrected chi connectivity index (χ3v) is 4.47. The number of phenolic OH excluding ortho intramolecular Hbond substituents is 1. The predicted molar refractivity (Wildman–Crippen MR) is 97.2 cm³/mol. The third-order valence-electron chi connectivity index (χ3n) is 4.47. The van der Waals surface area contributed by atoms with Crippen LogP contribution in [0.25, 0.3) is 0 Å². The number of allylic oxidation sites excluding steroid dienone is 2. The highest BCUT2D eigenvalue weighted by Gasteiger charge is 2.29. The van der Waals surface area contributed by atoms with Gasteiger partial charge < -0.3 is 19.7 Å². The summed E-state index contributed by atoms with van der Waals surface area (Å²) in [6.45, 7) is 4.12. The number of phenols is 1. The molecule has 0 aliphatic carbocycles. The summed E-state index contributed by atoms with van der Waals surface area (Å²) in [5.41, 5.74) is 4.00. The molecule has 0 bridgehead atoms. The monoisotopic (exact) mass is 340 g/mol. The van der Waals surface area contributed by atoms with E-state index in [1.165, 1.54) is 5.57 Å². The lowest BCUT2D eigenvalue weighted by molar-refractivity contribution is 0.0653. The van der Waals surface area contributed by atoms with Gasteiger partial charge in [0.15, 0.2) is 0 Å². The van der Waals surface area contributed by atoms with Crippen LogP contribution in [-0.4, -0.2) is 17.3 Å². The summed E-state index contributed by atoms with van der Waals surface area (Å²) < 4.78 is 11.6. The molecule has 0 saturated heterocycles. The average molecular weight is 340 g/mol. The zero-order valence-corrected chi connectivity index (χ0v) is 14.8. The number of aromatic hydroxyl groups is 1. The molecule has 1 aliphatic rings. The standard InChI is InChI=1S/C21H24O4/c1-13(2)4-5-15-10-17-18(23)11-20(14-6-8-16(22)9-7-14)25-21(17)12-19(15)24-3/h4,6-10,12,18,20,22-23H,5,11H2,1-3H3/t18-,20+/m1/s1. The van der Waals surface area contributed by atoms with Crippen LogP contribution in [0.2, 0.25) is 0 Å². The first-order valence-corrected chi connectivity index (χ1v) is 8.45. The van der Waals surface area contributed by atoms with E-state index in [1.807, 2.05) is 24.3 Å². The summed E-state index contributed by atoms with van der Waals surface area (Å²) in [4.78, 5) is 0. The maximum atomic E-state index is 10.6. The fourth-order valence-corrected chi connectivity index (χ4v) is 3.08. The summed E-state index contributed by atoms with van der Waals surface area (Å²) in [6.07, 6.45) is 2.52. The lowest BCUT2D eigenvalue weighted by Crippen LogP contribution is -2.19. The number of hydrogen-bond donors (Lipinski definition) is 2. The maximum Gasteiger partial charge on any atom is 0.129 e. The summed E-state index contributed by atoms with van der Waals surface area (Å²) in [6, 6.07) is 10.7. The number of benzene rings is 2. The van der Waals surface area contributed by atoms with Crippen LogP contribution in [0.1, 0.15) is 49.2 Å². The zero-order chi connectivity index (χ0) is 18.0. The molecule has 3 rings (SSSR count). The molecule has 132 valence electrons.